The van der Waals surface area contributed by atoms with Crippen molar-refractivity contribution in [2.75, 3.05) is 5.32 Å². The highest BCUT2D eigenvalue weighted by atomic mass is 79.9. The highest BCUT2D eigenvalue weighted by Gasteiger charge is 2.34. The third-order valence-corrected chi connectivity index (χ3v) is 4.66. The van der Waals surface area contributed by atoms with Crippen LogP contribution in [0.4, 0.5) is 5.69 Å². The standard InChI is InChI=1S/C15H18BrNO3/c1-15(7-3-2-4-8-15)14(20)17-12-9-10(13(18)19)5-6-11(12)16/h5-6,9H,2-4,7-8H2,1H3,(H,17,20)(H,18,19). The van der Waals surface area contributed by atoms with Crippen molar-refractivity contribution in [3.05, 3.63) is 28.2 Å². The van der Waals surface area contributed by atoms with Gasteiger partial charge in [-0.25, -0.2) is 4.79 Å². The Hall–Kier alpha value is -1.36. The average molecular weight is 340 g/mol. The molecule has 2 rings (SSSR count). The van der Waals surface area contributed by atoms with E-state index in [-0.39, 0.29) is 16.9 Å². The van der Waals surface area contributed by atoms with Crippen LogP contribution in [0.3, 0.4) is 0 Å². The molecule has 20 heavy (non-hydrogen) atoms. The van der Waals surface area contributed by atoms with Gasteiger partial charge in [-0.15, -0.1) is 0 Å². The molecule has 0 heterocycles. The van der Waals surface area contributed by atoms with E-state index in [9.17, 15) is 9.59 Å². The highest BCUT2D eigenvalue weighted by molar-refractivity contribution is 9.10. The molecular weight excluding hydrogens is 322 g/mol. The molecule has 4 nitrogen and oxygen atoms in total. The zero-order valence-electron chi connectivity index (χ0n) is 11.4. The molecule has 1 saturated carbocycles. The fourth-order valence-electron chi connectivity index (χ4n) is 2.59. The van der Waals surface area contributed by atoms with Crippen molar-refractivity contribution in [2.24, 2.45) is 5.41 Å². The summed E-state index contributed by atoms with van der Waals surface area (Å²) in [4.78, 5) is 23.4. The summed E-state index contributed by atoms with van der Waals surface area (Å²) in [5, 5.41) is 11.9. The first kappa shape index (κ1) is 15.0. The molecule has 0 bridgehead atoms. The monoisotopic (exact) mass is 339 g/mol. The van der Waals surface area contributed by atoms with Crippen molar-refractivity contribution >= 4 is 33.5 Å². The second-order valence-electron chi connectivity index (χ2n) is 5.58. The van der Waals surface area contributed by atoms with Crippen molar-refractivity contribution in [3.8, 4) is 0 Å². The van der Waals surface area contributed by atoms with E-state index < -0.39 is 5.97 Å². The van der Waals surface area contributed by atoms with Gasteiger partial charge in [0.1, 0.15) is 0 Å². The van der Waals surface area contributed by atoms with Crippen LogP contribution in [0.1, 0.15) is 49.4 Å². The van der Waals surface area contributed by atoms with Crippen LogP contribution in [0.25, 0.3) is 0 Å². The predicted molar refractivity (Wildman–Crippen MR) is 80.9 cm³/mol. The molecule has 1 aliphatic rings. The van der Waals surface area contributed by atoms with Crippen molar-refractivity contribution in [1.82, 2.24) is 0 Å². The Bertz CT molecular complexity index is 536. The third kappa shape index (κ3) is 3.20. The number of anilines is 1. The molecular formula is C15H18BrNO3. The number of benzene rings is 1. The van der Waals surface area contributed by atoms with Gasteiger partial charge >= 0.3 is 5.97 Å². The lowest BCUT2D eigenvalue weighted by Crippen LogP contribution is -2.35. The average Bonchev–Trinajstić information content (AvgIpc) is 2.41. The number of carbonyl (C=O) groups excluding carboxylic acids is 1. The van der Waals surface area contributed by atoms with Gasteiger partial charge in [-0.05, 0) is 47.0 Å². The van der Waals surface area contributed by atoms with Gasteiger partial charge in [0.25, 0.3) is 0 Å². The quantitative estimate of drug-likeness (QED) is 0.872. The molecule has 0 saturated heterocycles. The molecule has 1 aromatic rings. The minimum absolute atomic E-state index is 0.0274. The van der Waals surface area contributed by atoms with E-state index in [0.717, 1.165) is 25.7 Å². The Labute approximate surface area is 126 Å². The fourth-order valence-corrected chi connectivity index (χ4v) is 2.93. The SMILES string of the molecule is CC1(C(=O)Nc2cc(C(=O)O)ccc2Br)CCCCC1. The summed E-state index contributed by atoms with van der Waals surface area (Å²) in [7, 11) is 0. The Morgan fingerprint density at radius 2 is 1.90 bits per heavy atom. The van der Waals surface area contributed by atoms with E-state index in [4.69, 9.17) is 5.11 Å². The first-order valence-corrected chi connectivity index (χ1v) is 7.56. The van der Waals surface area contributed by atoms with Crippen LogP contribution in [0.15, 0.2) is 22.7 Å². The second kappa shape index (κ2) is 5.95. The van der Waals surface area contributed by atoms with Crippen LogP contribution in [0, 0.1) is 5.41 Å². The summed E-state index contributed by atoms with van der Waals surface area (Å²) in [6, 6.07) is 4.63. The van der Waals surface area contributed by atoms with Crippen LogP contribution in [-0.4, -0.2) is 17.0 Å². The summed E-state index contributed by atoms with van der Waals surface area (Å²) in [5.74, 6) is -1.03. The predicted octanol–water partition coefficient (Wildman–Crippen LogP) is 4.06. The molecule has 1 aliphatic carbocycles. The van der Waals surface area contributed by atoms with Crippen molar-refractivity contribution in [1.29, 1.82) is 0 Å². The van der Waals surface area contributed by atoms with Gasteiger partial charge in [0.05, 0.1) is 11.3 Å². The number of halogens is 1. The molecule has 0 aromatic heterocycles. The zero-order chi connectivity index (χ0) is 14.8. The van der Waals surface area contributed by atoms with Gasteiger partial charge in [-0.1, -0.05) is 26.2 Å². The third-order valence-electron chi connectivity index (χ3n) is 3.97. The summed E-state index contributed by atoms with van der Waals surface area (Å²) >= 11 is 3.34. The van der Waals surface area contributed by atoms with Crippen LogP contribution in [-0.2, 0) is 4.79 Å². The van der Waals surface area contributed by atoms with E-state index in [1.54, 1.807) is 6.07 Å². The largest absolute Gasteiger partial charge is 0.478 e. The number of aromatic carboxylic acids is 1. The van der Waals surface area contributed by atoms with Crippen LogP contribution < -0.4 is 5.32 Å². The van der Waals surface area contributed by atoms with E-state index >= 15 is 0 Å². The lowest BCUT2D eigenvalue weighted by molar-refractivity contribution is -0.126. The first-order valence-electron chi connectivity index (χ1n) is 6.77. The Balaban J connectivity index is 2.18. The molecule has 1 amide bonds. The molecule has 2 N–H and O–H groups in total. The van der Waals surface area contributed by atoms with Crippen LogP contribution >= 0.6 is 15.9 Å². The summed E-state index contributed by atoms with van der Waals surface area (Å²) in [6.07, 6.45) is 5.09. The Kier molecular flexibility index (Phi) is 4.48. The molecule has 108 valence electrons. The lowest BCUT2D eigenvalue weighted by atomic mass is 9.75. The molecule has 0 spiro atoms. The minimum Gasteiger partial charge on any atom is -0.478 e. The number of rotatable bonds is 3. The summed E-state index contributed by atoms with van der Waals surface area (Å²) in [5.41, 5.74) is 0.329. The topological polar surface area (TPSA) is 66.4 Å². The molecule has 0 unspecified atom stereocenters. The number of carboxylic acids is 1. The number of amides is 1. The van der Waals surface area contributed by atoms with Crippen molar-refractivity contribution < 1.29 is 14.7 Å². The highest BCUT2D eigenvalue weighted by Crippen LogP contribution is 2.37. The van der Waals surface area contributed by atoms with E-state index in [2.05, 4.69) is 21.2 Å². The normalized spacial score (nSPS) is 17.5. The maximum absolute atomic E-state index is 12.4. The Morgan fingerprint density at radius 3 is 2.50 bits per heavy atom. The summed E-state index contributed by atoms with van der Waals surface area (Å²) in [6.45, 7) is 1.98. The summed E-state index contributed by atoms with van der Waals surface area (Å²) < 4.78 is 0.690. The van der Waals surface area contributed by atoms with Crippen molar-refractivity contribution in [2.45, 2.75) is 39.0 Å². The van der Waals surface area contributed by atoms with Gasteiger partial charge in [0, 0.05) is 9.89 Å². The van der Waals surface area contributed by atoms with Gasteiger partial charge in [-0.2, -0.15) is 0 Å². The van der Waals surface area contributed by atoms with Crippen molar-refractivity contribution in [3.63, 3.8) is 0 Å². The van der Waals surface area contributed by atoms with Crippen LogP contribution in [0.2, 0.25) is 0 Å². The second-order valence-corrected chi connectivity index (χ2v) is 6.43. The number of carboxylic acid groups (broad SMARTS) is 1. The Morgan fingerprint density at radius 1 is 1.25 bits per heavy atom. The molecule has 5 heteroatoms. The van der Waals surface area contributed by atoms with Gasteiger partial charge in [0.15, 0.2) is 0 Å². The number of carbonyl (C=O) groups is 2. The molecule has 0 radical (unpaired) electrons. The van der Waals surface area contributed by atoms with Gasteiger partial charge < -0.3 is 10.4 Å². The molecule has 1 fully saturated rings. The number of nitrogens with one attached hydrogen (secondary N) is 1. The smallest absolute Gasteiger partial charge is 0.335 e. The van der Waals surface area contributed by atoms with Gasteiger partial charge in [-0.3, -0.25) is 4.79 Å². The molecule has 0 aliphatic heterocycles. The van der Waals surface area contributed by atoms with E-state index in [1.165, 1.54) is 18.6 Å². The molecule has 0 atom stereocenters. The minimum atomic E-state index is -1.00. The number of hydrogen-bond acceptors (Lipinski definition) is 2. The maximum Gasteiger partial charge on any atom is 0.335 e. The number of hydrogen-bond donors (Lipinski definition) is 2. The van der Waals surface area contributed by atoms with E-state index in [1.807, 2.05) is 6.92 Å². The molecule has 1 aromatic carbocycles. The fraction of sp³-hybridized carbons (Fsp3) is 0.467. The lowest BCUT2D eigenvalue weighted by Gasteiger charge is -2.32. The van der Waals surface area contributed by atoms with Gasteiger partial charge in [0.2, 0.25) is 5.91 Å². The zero-order valence-corrected chi connectivity index (χ0v) is 13.0. The first-order chi connectivity index (χ1) is 9.42. The van der Waals surface area contributed by atoms with Crippen LogP contribution in [0.5, 0.6) is 0 Å². The maximum atomic E-state index is 12.4. The van der Waals surface area contributed by atoms with E-state index in [0.29, 0.717) is 10.2 Å².